The third kappa shape index (κ3) is 5.62. The molecular weight excluding hydrogens is 268 g/mol. The average Bonchev–Trinajstić information content (AvgIpc) is 2.29. The number of ether oxygens (including phenoxy) is 1. The third-order valence-electron chi connectivity index (χ3n) is 3.01. The van der Waals surface area contributed by atoms with E-state index in [-0.39, 0.29) is 0 Å². The first kappa shape index (κ1) is 14.4. The molecule has 1 aliphatic heterocycles. The molecule has 1 rings (SSSR count). The highest BCUT2D eigenvalue weighted by molar-refractivity contribution is 9.09. The van der Waals surface area contributed by atoms with Gasteiger partial charge in [-0.1, -0.05) is 15.9 Å². The first-order chi connectivity index (χ1) is 7.74. The van der Waals surface area contributed by atoms with Crippen LogP contribution in [0.4, 0.5) is 0 Å². The summed E-state index contributed by atoms with van der Waals surface area (Å²) in [6, 6.07) is 0.639. The van der Waals surface area contributed by atoms with Crippen molar-refractivity contribution >= 4 is 15.9 Å². The molecular formula is C12H25BrN2O. The van der Waals surface area contributed by atoms with Crippen LogP contribution in [-0.2, 0) is 4.74 Å². The fraction of sp³-hybridized carbons (Fsp3) is 1.00. The lowest BCUT2D eigenvalue weighted by molar-refractivity contribution is -0.0370. The highest BCUT2D eigenvalue weighted by Crippen LogP contribution is 2.07. The smallest absolute Gasteiger partial charge is 0.0826 e. The second kappa shape index (κ2) is 8.45. The molecule has 1 aliphatic rings. The Morgan fingerprint density at radius 1 is 1.44 bits per heavy atom. The van der Waals surface area contributed by atoms with Crippen molar-refractivity contribution in [3.63, 3.8) is 0 Å². The standard InChI is InChI=1S/C12H25BrN2O/c1-11(2)15-7-8-16-12(10-15)9-14-6-4-3-5-13/h11-12,14H,3-10H2,1-2H3. The fourth-order valence-electron chi connectivity index (χ4n) is 1.94. The molecule has 1 atom stereocenters. The van der Waals surface area contributed by atoms with Gasteiger partial charge in [-0.25, -0.2) is 0 Å². The minimum Gasteiger partial charge on any atom is -0.374 e. The minimum absolute atomic E-state index is 0.375. The molecule has 0 aromatic rings. The van der Waals surface area contributed by atoms with E-state index in [1.54, 1.807) is 0 Å². The van der Waals surface area contributed by atoms with Gasteiger partial charge in [-0.05, 0) is 33.2 Å². The SMILES string of the molecule is CC(C)N1CCOC(CNCCCCBr)C1. The molecule has 1 heterocycles. The van der Waals surface area contributed by atoms with E-state index in [0.717, 1.165) is 38.1 Å². The van der Waals surface area contributed by atoms with E-state index in [9.17, 15) is 0 Å². The van der Waals surface area contributed by atoms with Gasteiger partial charge in [0, 0.05) is 31.0 Å². The van der Waals surface area contributed by atoms with E-state index >= 15 is 0 Å². The van der Waals surface area contributed by atoms with Crippen LogP contribution in [0.5, 0.6) is 0 Å². The number of hydrogen-bond donors (Lipinski definition) is 1. The quantitative estimate of drug-likeness (QED) is 0.573. The van der Waals surface area contributed by atoms with Crippen LogP contribution in [-0.4, -0.2) is 55.2 Å². The van der Waals surface area contributed by atoms with E-state index < -0.39 is 0 Å². The summed E-state index contributed by atoms with van der Waals surface area (Å²) in [5.74, 6) is 0. The van der Waals surface area contributed by atoms with Crippen molar-refractivity contribution in [3.8, 4) is 0 Å². The van der Waals surface area contributed by atoms with Crippen LogP contribution in [0.3, 0.4) is 0 Å². The van der Waals surface area contributed by atoms with Gasteiger partial charge in [0.1, 0.15) is 0 Å². The Morgan fingerprint density at radius 2 is 2.25 bits per heavy atom. The second-order valence-electron chi connectivity index (χ2n) is 4.68. The zero-order valence-electron chi connectivity index (χ0n) is 10.5. The van der Waals surface area contributed by atoms with Crippen LogP contribution >= 0.6 is 15.9 Å². The van der Waals surface area contributed by atoms with Crippen LogP contribution in [0.25, 0.3) is 0 Å². The molecule has 0 radical (unpaired) electrons. The molecule has 1 fully saturated rings. The Bertz CT molecular complexity index is 178. The van der Waals surface area contributed by atoms with Gasteiger partial charge in [0.2, 0.25) is 0 Å². The Hall–Kier alpha value is 0.360. The normalized spacial score (nSPS) is 22.9. The van der Waals surface area contributed by atoms with Crippen LogP contribution in [0.2, 0.25) is 0 Å². The molecule has 0 bridgehead atoms. The molecule has 16 heavy (non-hydrogen) atoms. The molecule has 4 heteroatoms. The number of nitrogens with one attached hydrogen (secondary N) is 1. The molecule has 0 amide bonds. The van der Waals surface area contributed by atoms with Crippen molar-refractivity contribution in [2.24, 2.45) is 0 Å². The molecule has 1 N–H and O–H groups in total. The van der Waals surface area contributed by atoms with E-state index in [4.69, 9.17) is 4.74 Å². The molecule has 0 aliphatic carbocycles. The summed E-state index contributed by atoms with van der Waals surface area (Å²) in [5, 5.41) is 4.58. The van der Waals surface area contributed by atoms with Crippen LogP contribution < -0.4 is 5.32 Å². The number of rotatable bonds is 7. The van der Waals surface area contributed by atoms with Gasteiger partial charge in [-0.15, -0.1) is 0 Å². The number of hydrogen-bond acceptors (Lipinski definition) is 3. The number of nitrogens with zero attached hydrogens (tertiary/aromatic N) is 1. The van der Waals surface area contributed by atoms with Gasteiger partial charge >= 0.3 is 0 Å². The lowest BCUT2D eigenvalue weighted by Crippen LogP contribution is -2.49. The summed E-state index contributed by atoms with van der Waals surface area (Å²) in [7, 11) is 0. The Kier molecular flexibility index (Phi) is 7.62. The first-order valence-corrected chi connectivity index (χ1v) is 7.48. The highest BCUT2D eigenvalue weighted by Gasteiger charge is 2.21. The number of morpholine rings is 1. The Labute approximate surface area is 108 Å². The molecule has 1 saturated heterocycles. The first-order valence-electron chi connectivity index (χ1n) is 6.36. The van der Waals surface area contributed by atoms with Crippen LogP contribution in [0.1, 0.15) is 26.7 Å². The highest BCUT2D eigenvalue weighted by atomic mass is 79.9. The molecule has 0 saturated carbocycles. The van der Waals surface area contributed by atoms with Crippen LogP contribution in [0.15, 0.2) is 0 Å². The summed E-state index contributed by atoms with van der Waals surface area (Å²) in [6.07, 6.45) is 2.86. The van der Waals surface area contributed by atoms with Crippen molar-refractivity contribution < 1.29 is 4.74 Å². The summed E-state index contributed by atoms with van der Waals surface area (Å²) in [5.41, 5.74) is 0. The van der Waals surface area contributed by atoms with Gasteiger partial charge in [0.25, 0.3) is 0 Å². The average molecular weight is 293 g/mol. The van der Waals surface area contributed by atoms with Crippen LogP contribution in [0, 0.1) is 0 Å². The van der Waals surface area contributed by atoms with E-state index in [0.29, 0.717) is 12.1 Å². The number of alkyl halides is 1. The van der Waals surface area contributed by atoms with Gasteiger partial charge in [-0.2, -0.15) is 0 Å². The lowest BCUT2D eigenvalue weighted by atomic mass is 10.2. The maximum Gasteiger partial charge on any atom is 0.0826 e. The minimum atomic E-state index is 0.375. The largest absolute Gasteiger partial charge is 0.374 e. The zero-order valence-corrected chi connectivity index (χ0v) is 12.1. The molecule has 96 valence electrons. The van der Waals surface area contributed by atoms with Gasteiger partial charge in [-0.3, -0.25) is 4.90 Å². The molecule has 1 unspecified atom stereocenters. The lowest BCUT2D eigenvalue weighted by Gasteiger charge is -2.35. The van der Waals surface area contributed by atoms with Crippen molar-refractivity contribution in [2.45, 2.75) is 38.8 Å². The van der Waals surface area contributed by atoms with Crippen molar-refractivity contribution in [3.05, 3.63) is 0 Å². The Morgan fingerprint density at radius 3 is 2.94 bits per heavy atom. The number of unbranched alkanes of at least 4 members (excludes halogenated alkanes) is 1. The third-order valence-corrected chi connectivity index (χ3v) is 3.57. The van der Waals surface area contributed by atoms with Crippen molar-refractivity contribution in [2.75, 3.05) is 38.1 Å². The van der Waals surface area contributed by atoms with E-state index in [2.05, 4.69) is 40.0 Å². The summed E-state index contributed by atoms with van der Waals surface area (Å²) in [4.78, 5) is 2.49. The van der Waals surface area contributed by atoms with Crippen molar-refractivity contribution in [1.82, 2.24) is 10.2 Å². The number of halogens is 1. The van der Waals surface area contributed by atoms with E-state index in [1.165, 1.54) is 12.8 Å². The molecule has 3 nitrogen and oxygen atoms in total. The van der Waals surface area contributed by atoms with Gasteiger partial charge in [0.15, 0.2) is 0 Å². The zero-order chi connectivity index (χ0) is 11.8. The fourth-order valence-corrected chi connectivity index (χ4v) is 2.34. The summed E-state index contributed by atoms with van der Waals surface area (Å²) < 4.78 is 5.75. The molecule has 0 aromatic carbocycles. The summed E-state index contributed by atoms with van der Waals surface area (Å²) in [6.45, 7) is 9.64. The predicted molar refractivity (Wildman–Crippen MR) is 72.3 cm³/mol. The second-order valence-corrected chi connectivity index (χ2v) is 5.47. The molecule has 0 aromatic heterocycles. The summed E-state index contributed by atoms with van der Waals surface area (Å²) >= 11 is 3.44. The monoisotopic (exact) mass is 292 g/mol. The van der Waals surface area contributed by atoms with Gasteiger partial charge < -0.3 is 10.1 Å². The topological polar surface area (TPSA) is 24.5 Å². The maximum absolute atomic E-state index is 5.75. The van der Waals surface area contributed by atoms with Gasteiger partial charge in [0.05, 0.1) is 12.7 Å². The van der Waals surface area contributed by atoms with Crippen molar-refractivity contribution in [1.29, 1.82) is 0 Å². The molecule has 0 spiro atoms. The maximum atomic E-state index is 5.75. The Balaban J connectivity index is 2.07. The predicted octanol–water partition coefficient (Wildman–Crippen LogP) is 1.86. The van der Waals surface area contributed by atoms with E-state index in [1.807, 2.05) is 0 Å².